The van der Waals surface area contributed by atoms with E-state index in [-0.39, 0.29) is 13.4 Å². The van der Waals surface area contributed by atoms with Crippen LogP contribution in [0, 0.1) is 12.8 Å². The number of aromatic amines is 1. The summed E-state index contributed by atoms with van der Waals surface area (Å²) in [5.41, 5.74) is 9.64. The molecule has 5 N–H and O–H groups in total. The standard InChI is InChI=1S/C16H19N5O2S.C6H8N4S.H2/c1-16-12(19-20-14(16)18-15(17-2)24-16)10-11(22)8-6-4-5-7-9(8)21(3)13(10)23;1-3-4-5(10-9-3)8-6(7-2)11-4;/h4-7,10-12,19,22H,1-3H3,(H,17,18,20);1-2H3,(H2,7,8,9,10);1H. The number of carbonyl (C=O) groups is 1. The molecule has 2 aromatic heterocycles. The van der Waals surface area contributed by atoms with E-state index in [1.807, 2.05) is 45.2 Å². The highest BCUT2D eigenvalue weighted by atomic mass is 32.2. The Kier molecular flexibility index (Phi) is 6.03. The molecule has 4 unspecified atom stereocenters. The van der Waals surface area contributed by atoms with E-state index >= 15 is 0 Å². The van der Waals surface area contributed by atoms with E-state index < -0.39 is 16.8 Å². The third-order valence-corrected chi connectivity index (χ3v) is 9.05. The molecule has 1 aromatic carbocycles. The summed E-state index contributed by atoms with van der Waals surface area (Å²) in [6, 6.07) is 7.17. The van der Waals surface area contributed by atoms with Crippen LogP contribution in [0.5, 0.6) is 0 Å². The number of amidine groups is 2. The highest BCUT2D eigenvalue weighted by Crippen LogP contribution is 2.47. The second kappa shape index (κ2) is 8.90. The van der Waals surface area contributed by atoms with Crippen molar-refractivity contribution in [3.63, 3.8) is 0 Å². The van der Waals surface area contributed by atoms with E-state index in [4.69, 9.17) is 0 Å². The minimum absolute atomic E-state index is 0. The maximum atomic E-state index is 13.0. The monoisotopic (exact) mass is 515 g/mol. The molecule has 0 radical (unpaired) electrons. The van der Waals surface area contributed by atoms with Crippen LogP contribution in [0.25, 0.3) is 10.3 Å². The van der Waals surface area contributed by atoms with Gasteiger partial charge in [0, 0.05) is 33.8 Å². The molecule has 0 aliphatic carbocycles. The zero-order chi connectivity index (χ0) is 24.9. The fraction of sp³-hybridized carbons (Fsp3) is 0.409. The van der Waals surface area contributed by atoms with Crippen LogP contribution in [0.2, 0.25) is 0 Å². The number of rotatable bonds is 2. The van der Waals surface area contributed by atoms with Crippen molar-refractivity contribution in [2.75, 3.05) is 31.4 Å². The number of H-pyrrole nitrogens is 1. The Bertz CT molecular complexity index is 1360. The lowest BCUT2D eigenvalue weighted by atomic mass is 9.79. The molecule has 1 saturated heterocycles. The largest absolute Gasteiger partial charge is 0.387 e. The quantitative estimate of drug-likeness (QED) is 0.350. The number of carbonyl (C=O) groups excluding carboxylic acids is 1. The molecule has 3 aromatic rings. The number of para-hydroxylation sites is 1. The molecule has 0 spiro atoms. The SMILES string of the molecule is CN=C1N=C2NNC(C3C(=O)N(C)c4ccccc4C3O)C2(C)S1.CNc1nc2n[nH]c(C)c2s1.[HH]. The van der Waals surface area contributed by atoms with Crippen LogP contribution in [-0.2, 0) is 4.79 Å². The Morgan fingerprint density at radius 1 is 1.34 bits per heavy atom. The van der Waals surface area contributed by atoms with Crippen LogP contribution in [0.4, 0.5) is 10.8 Å². The third-order valence-electron chi connectivity index (χ3n) is 6.54. The second-order valence-electron chi connectivity index (χ2n) is 8.62. The molecule has 3 aliphatic rings. The van der Waals surface area contributed by atoms with Crippen LogP contribution in [-0.4, -0.2) is 69.1 Å². The average Bonchev–Trinajstić information content (AvgIpc) is 3.59. The fourth-order valence-electron chi connectivity index (χ4n) is 4.61. The van der Waals surface area contributed by atoms with Gasteiger partial charge in [0.25, 0.3) is 0 Å². The molecule has 0 bridgehead atoms. The smallest absolute Gasteiger partial charge is 0.234 e. The average molecular weight is 516 g/mol. The number of hydrogen-bond acceptors (Lipinski definition) is 10. The van der Waals surface area contributed by atoms with Gasteiger partial charge in [-0.05, 0) is 19.9 Å². The zero-order valence-corrected chi connectivity index (χ0v) is 21.6. The topological polar surface area (TPSA) is 143 Å². The number of aliphatic imine (C=N–C) groups is 2. The molecular formula is C22H29N9O2S2. The maximum Gasteiger partial charge on any atom is 0.234 e. The van der Waals surface area contributed by atoms with Gasteiger partial charge in [-0.15, -0.1) is 0 Å². The second-order valence-corrected chi connectivity index (χ2v) is 11.0. The number of nitrogens with one attached hydrogen (secondary N) is 4. The molecule has 186 valence electrons. The summed E-state index contributed by atoms with van der Waals surface area (Å²) in [7, 11) is 5.31. The van der Waals surface area contributed by atoms with Gasteiger partial charge in [-0.3, -0.25) is 14.9 Å². The summed E-state index contributed by atoms with van der Waals surface area (Å²) in [4.78, 5) is 27.4. The van der Waals surface area contributed by atoms with Crippen molar-refractivity contribution >= 4 is 61.2 Å². The Balaban J connectivity index is 0.000000213. The lowest BCUT2D eigenvalue weighted by Crippen LogP contribution is -2.55. The van der Waals surface area contributed by atoms with Crippen molar-refractivity contribution in [3.8, 4) is 0 Å². The number of anilines is 2. The van der Waals surface area contributed by atoms with Crippen LogP contribution >= 0.6 is 23.1 Å². The number of aryl methyl sites for hydroxylation is 1. The number of aromatic nitrogens is 3. The first kappa shape index (κ1) is 23.7. The van der Waals surface area contributed by atoms with Gasteiger partial charge in [0.2, 0.25) is 5.91 Å². The normalized spacial score (nSPS) is 28.3. The number of aliphatic hydroxyl groups excluding tert-OH is 1. The number of benzene rings is 1. The van der Waals surface area contributed by atoms with E-state index in [0.717, 1.165) is 38.3 Å². The number of aliphatic hydroxyl groups is 1. The molecule has 35 heavy (non-hydrogen) atoms. The highest BCUT2D eigenvalue weighted by molar-refractivity contribution is 8.16. The van der Waals surface area contributed by atoms with Gasteiger partial charge in [0.05, 0.1) is 33.2 Å². The number of nitrogens with zero attached hydrogens (tertiary/aromatic N) is 5. The van der Waals surface area contributed by atoms with Crippen molar-refractivity contribution < 1.29 is 11.3 Å². The van der Waals surface area contributed by atoms with Crippen LogP contribution in [0.1, 0.15) is 25.7 Å². The van der Waals surface area contributed by atoms with Gasteiger partial charge >= 0.3 is 0 Å². The first-order chi connectivity index (χ1) is 16.8. The molecular weight excluding hydrogens is 486 g/mol. The van der Waals surface area contributed by atoms with Crippen molar-refractivity contribution in [1.82, 2.24) is 26.0 Å². The predicted molar refractivity (Wildman–Crippen MR) is 143 cm³/mol. The fourth-order valence-corrected chi connectivity index (χ4v) is 6.55. The lowest BCUT2D eigenvalue weighted by molar-refractivity contribution is -0.128. The summed E-state index contributed by atoms with van der Waals surface area (Å²) in [5, 5.41) is 22.4. The Morgan fingerprint density at radius 2 is 2.11 bits per heavy atom. The first-order valence-corrected chi connectivity index (χ1v) is 12.7. The van der Waals surface area contributed by atoms with Gasteiger partial charge in [-0.2, -0.15) is 10.1 Å². The molecule has 6 rings (SSSR count). The molecule has 4 atom stereocenters. The number of hydrazine groups is 1. The van der Waals surface area contributed by atoms with Crippen LogP contribution < -0.4 is 21.1 Å². The zero-order valence-electron chi connectivity index (χ0n) is 19.9. The molecule has 13 heteroatoms. The molecule has 1 fully saturated rings. The molecule has 3 aliphatic heterocycles. The van der Waals surface area contributed by atoms with Crippen molar-refractivity contribution in [2.45, 2.75) is 30.7 Å². The van der Waals surface area contributed by atoms with E-state index in [2.05, 4.69) is 41.3 Å². The summed E-state index contributed by atoms with van der Waals surface area (Å²) in [5.74, 6) is 0.0314. The number of amides is 1. The van der Waals surface area contributed by atoms with Crippen molar-refractivity contribution in [1.29, 1.82) is 0 Å². The molecule has 11 nitrogen and oxygen atoms in total. The summed E-state index contributed by atoms with van der Waals surface area (Å²) >= 11 is 3.13. The van der Waals surface area contributed by atoms with Gasteiger partial charge in [-0.1, -0.05) is 41.3 Å². The molecule has 5 heterocycles. The third kappa shape index (κ3) is 3.78. The van der Waals surface area contributed by atoms with E-state index in [1.54, 1.807) is 30.3 Å². The van der Waals surface area contributed by atoms with Gasteiger partial charge in [0.15, 0.2) is 15.9 Å². The lowest BCUT2D eigenvalue weighted by Gasteiger charge is -2.40. The van der Waals surface area contributed by atoms with Crippen LogP contribution in [0.3, 0.4) is 0 Å². The number of thioether (sulfide) groups is 1. The summed E-state index contributed by atoms with van der Waals surface area (Å²) < 4.78 is 0.665. The molecule has 1 amide bonds. The van der Waals surface area contributed by atoms with Gasteiger partial charge in [0.1, 0.15) is 5.84 Å². The van der Waals surface area contributed by atoms with Crippen molar-refractivity contribution in [2.24, 2.45) is 15.9 Å². The highest BCUT2D eigenvalue weighted by Gasteiger charge is 2.57. The number of thiazole rings is 1. The van der Waals surface area contributed by atoms with E-state index in [0.29, 0.717) is 5.17 Å². The molecule has 0 saturated carbocycles. The Hall–Kier alpha value is -3.00. The minimum atomic E-state index is -0.872. The Morgan fingerprint density at radius 3 is 2.83 bits per heavy atom. The van der Waals surface area contributed by atoms with Crippen molar-refractivity contribution in [3.05, 3.63) is 35.5 Å². The summed E-state index contributed by atoms with van der Waals surface area (Å²) in [6.45, 7) is 4.01. The number of fused-ring (bicyclic) bond motifs is 3. The maximum absolute atomic E-state index is 13.0. The number of hydrogen-bond donors (Lipinski definition) is 5. The van der Waals surface area contributed by atoms with E-state index in [1.165, 1.54) is 11.8 Å². The Labute approximate surface area is 212 Å². The van der Waals surface area contributed by atoms with Crippen LogP contribution in [0.15, 0.2) is 34.3 Å². The first-order valence-electron chi connectivity index (χ1n) is 11.1. The van der Waals surface area contributed by atoms with Gasteiger partial charge in [-0.25, -0.2) is 10.4 Å². The predicted octanol–water partition coefficient (Wildman–Crippen LogP) is 2.29. The minimum Gasteiger partial charge on any atom is -0.387 e. The van der Waals surface area contributed by atoms with E-state index in [9.17, 15) is 9.90 Å². The summed E-state index contributed by atoms with van der Waals surface area (Å²) in [6.07, 6.45) is -0.872. The van der Waals surface area contributed by atoms with Gasteiger partial charge < -0.3 is 20.7 Å².